The van der Waals surface area contributed by atoms with Gasteiger partial charge in [-0.1, -0.05) is 50.1 Å². The SMILES string of the molecule is CCCCCC(=O)N(C)c1c(N)n(Cc2ccccc2)c(=O)[nH]c1=O. The lowest BCUT2D eigenvalue weighted by molar-refractivity contribution is -0.118. The molecule has 0 atom stereocenters. The van der Waals surface area contributed by atoms with Crippen LogP contribution in [-0.4, -0.2) is 22.5 Å². The number of H-pyrrole nitrogens is 1. The zero-order chi connectivity index (χ0) is 18.4. The lowest BCUT2D eigenvalue weighted by Gasteiger charge is -2.20. The quantitative estimate of drug-likeness (QED) is 0.747. The molecule has 0 fully saturated rings. The Morgan fingerprint density at radius 3 is 2.52 bits per heavy atom. The maximum absolute atomic E-state index is 12.3. The summed E-state index contributed by atoms with van der Waals surface area (Å²) in [4.78, 5) is 40.1. The molecule has 0 aliphatic heterocycles. The van der Waals surface area contributed by atoms with E-state index in [0.29, 0.717) is 6.42 Å². The van der Waals surface area contributed by atoms with Gasteiger partial charge in [-0.3, -0.25) is 19.1 Å². The molecule has 0 saturated heterocycles. The van der Waals surface area contributed by atoms with E-state index in [2.05, 4.69) is 11.9 Å². The summed E-state index contributed by atoms with van der Waals surface area (Å²) in [6.45, 7) is 2.27. The van der Waals surface area contributed by atoms with Gasteiger partial charge in [-0.05, 0) is 12.0 Å². The van der Waals surface area contributed by atoms with Gasteiger partial charge in [0.2, 0.25) is 5.91 Å². The van der Waals surface area contributed by atoms with Gasteiger partial charge in [0.15, 0.2) is 5.69 Å². The topological polar surface area (TPSA) is 101 Å². The normalized spacial score (nSPS) is 10.6. The number of nitrogen functional groups attached to an aromatic ring is 1. The third kappa shape index (κ3) is 4.37. The molecule has 0 aliphatic rings. The molecule has 2 aromatic rings. The molecule has 0 bridgehead atoms. The van der Waals surface area contributed by atoms with Crippen LogP contribution in [0, 0.1) is 0 Å². The molecule has 3 N–H and O–H groups in total. The summed E-state index contributed by atoms with van der Waals surface area (Å²) in [7, 11) is 1.51. The number of nitrogens with one attached hydrogen (secondary N) is 1. The lowest BCUT2D eigenvalue weighted by Crippen LogP contribution is -2.39. The number of benzene rings is 1. The zero-order valence-corrected chi connectivity index (χ0v) is 14.6. The van der Waals surface area contributed by atoms with Crippen molar-refractivity contribution in [1.29, 1.82) is 0 Å². The van der Waals surface area contributed by atoms with Gasteiger partial charge in [-0.25, -0.2) is 4.79 Å². The number of aromatic nitrogens is 2. The molecule has 1 amide bonds. The van der Waals surface area contributed by atoms with E-state index >= 15 is 0 Å². The highest BCUT2D eigenvalue weighted by atomic mass is 16.2. The van der Waals surface area contributed by atoms with Crippen molar-refractivity contribution >= 4 is 17.4 Å². The maximum Gasteiger partial charge on any atom is 0.330 e. The summed E-state index contributed by atoms with van der Waals surface area (Å²) in [6.07, 6.45) is 3.03. The van der Waals surface area contributed by atoms with Crippen LogP contribution in [0.15, 0.2) is 39.9 Å². The van der Waals surface area contributed by atoms with Crippen molar-refractivity contribution in [3.63, 3.8) is 0 Å². The molecule has 0 spiro atoms. The van der Waals surface area contributed by atoms with Crippen molar-refractivity contribution in [3.05, 3.63) is 56.7 Å². The first-order chi connectivity index (χ1) is 12.0. The van der Waals surface area contributed by atoms with E-state index in [0.717, 1.165) is 24.8 Å². The highest BCUT2D eigenvalue weighted by molar-refractivity contribution is 5.94. The molecule has 1 heterocycles. The third-order valence-corrected chi connectivity index (χ3v) is 4.10. The minimum atomic E-state index is -0.654. The smallest absolute Gasteiger partial charge is 0.330 e. The number of amides is 1. The summed E-state index contributed by atoms with van der Waals surface area (Å²) in [5, 5.41) is 0. The standard InChI is InChI=1S/C18H24N4O3/c1-3-4-6-11-14(23)21(2)15-16(19)22(18(25)20-17(15)24)12-13-9-7-5-8-10-13/h5,7-10H,3-4,6,11-12,19H2,1-2H3,(H,20,24,25). The second-order valence-corrected chi connectivity index (χ2v) is 5.97. The highest BCUT2D eigenvalue weighted by Gasteiger charge is 2.20. The first-order valence-electron chi connectivity index (χ1n) is 8.38. The Balaban J connectivity index is 2.35. The molecule has 1 aromatic heterocycles. The Morgan fingerprint density at radius 2 is 1.88 bits per heavy atom. The van der Waals surface area contributed by atoms with Gasteiger partial charge < -0.3 is 10.6 Å². The van der Waals surface area contributed by atoms with Gasteiger partial charge in [0.05, 0.1) is 6.54 Å². The second-order valence-electron chi connectivity index (χ2n) is 5.97. The van der Waals surface area contributed by atoms with Crippen molar-refractivity contribution in [1.82, 2.24) is 9.55 Å². The molecule has 1 aromatic carbocycles. The largest absolute Gasteiger partial charge is 0.383 e. The first kappa shape index (κ1) is 18.5. The molecular weight excluding hydrogens is 320 g/mol. The number of unbranched alkanes of at least 4 members (excludes halogenated alkanes) is 2. The number of hydrogen-bond acceptors (Lipinski definition) is 4. The van der Waals surface area contributed by atoms with E-state index in [-0.39, 0.29) is 24.0 Å². The number of hydrogen-bond donors (Lipinski definition) is 2. The zero-order valence-electron chi connectivity index (χ0n) is 14.6. The van der Waals surface area contributed by atoms with E-state index in [4.69, 9.17) is 5.73 Å². The van der Waals surface area contributed by atoms with E-state index < -0.39 is 11.2 Å². The molecule has 7 heteroatoms. The van der Waals surface area contributed by atoms with Gasteiger partial charge in [0, 0.05) is 13.5 Å². The number of rotatable bonds is 7. The Kier molecular flexibility index (Phi) is 6.16. The van der Waals surface area contributed by atoms with Gasteiger partial charge in [0.25, 0.3) is 5.56 Å². The van der Waals surface area contributed by atoms with Gasteiger partial charge in [0.1, 0.15) is 5.82 Å². The van der Waals surface area contributed by atoms with Crippen LogP contribution in [0.3, 0.4) is 0 Å². The van der Waals surface area contributed by atoms with E-state index in [9.17, 15) is 14.4 Å². The predicted molar refractivity (Wildman–Crippen MR) is 98.8 cm³/mol. The Hall–Kier alpha value is -2.83. The highest BCUT2D eigenvalue weighted by Crippen LogP contribution is 2.17. The molecule has 134 valence electrons. The molecule has 0 radical (unpaired) electrons. The fourth-order valence-electron chi connectivity index (χ4n) is 2.64. The van der Waals surface area contributed by atoms with Crippen molar-refractivity contribution in [2.45, 2.75) is 39.2 Å². The monoisotopic (exact) mass is 344 g/mol. The van der Waals surface area contributed by atoms with Crippen LogP contribution in [0.4, 0.5) is 11.5 Å². The first-order valence-corrected chi connectivity index (χ1v) is 8.38. The van der Waals surface area contributed by atoms with Crippen molar-refractivity contribution < 1.29 is 4.79 Å². The third-order valence-electron chi connectivity index (χ3n) is 4.10. The number of aromatic amines is 1. The van der Waals surface area contributed by atoms with E-state index in [1.165, 1.54) is 16.5 Å². The van der Waals surface area contributed by atoms with Crippen LogP contribution in [0.25, 0.3) is 0 Å². The Bertz CT molecular complexity index is 840. The number of nitrogens with two attached hydrogens (primary N) is 1. The molecular formula is C18H24N4O3. The van der Waals surface area contributed by atoms with Crippen LogP contribution in [0.2, 0.25) is 0 Å². The fourth-order valence-corrected chi connectivity index (χ4v) is 2.64. The summed E-state index contributed by atoms with van der Waals surface area (Å²) >= 11 is 0. The average molecular weight is 344 g/mol. The molecule has 2 rings (SSSR count). The maximum atomic E-state index is 12.3. The number of carbonyl (C=O) groups is 1. The molecule has 7 nitrogen and oxygen atoms in total. The van der Waals surface area contributed by atoms with Crippen LogP contribution in [0.1, 0.15) is 38.2 Å². The number of carbonyl (C=O) groups excluding carboxylic acids is 1. The second kappa shape index (κ2) is 8.32. The minimum absolute atomic E-state index is 0.0102. The van der Waals surface area contributed by atoms with E-state index in [1.54, 1.807) is 0 Å². The Morgan fingerprint density at radius 1 is 1.20 bits per heavy atom. The number of anilines is 2. The van der Waals surface area contributed by atoms with E-state index in [1.807, 2.05) is 30.3 Å². The van der Waals surface area contributed by atoms with Crippen LogP contribution in [0.5, 0.6) is 0 Å². The van der Waals surface area contributed by atoms with Gasteiger partial charge >= 0.3 is 5.69 Å². The summed E-state index contributed by atoms with van der Waals surface area (Å²) < 4.78 is 1.27. The van der Waals surface area contributed by atoms with Crippen molar-refractivity contribution in [2.75, 3.05) is 17.7 Å². The summed E-state index contributed by atoms with van der Waals surface area (Å²) in [5.74, 6) is -0.209. The minimum Gasteiger partial charge on any atom is -0.383 e. The predicted octanol–water partition coefficient (Wildman–Crippen LogP) is 1.71. The Labute approximate surface area is 146 Å². The molecule has 0 unspecified atom stereocenters. The van der Waals surface area contributed by atoms with Crippen LogP contribution < -0.4 is 21.9 Å². The fraction of sp³-hybridized carbons (Fsp3) is 0.389. The molecule has 0 saturated carbocycles. The summed E-state index contributed by atoms with van der Waals surface area (Å²) in [5.41, 5.74) is 5.70. The summed E-state index contributed by atoms with van der Waals surface area (Å²) in [6, 6.07) is 9.29. The van der Waals surface area contributed by atoms with Crippen LogP contribution >= 0.6 is 0 Å². The van der Waals surface area contributed by atoms with Gasteiger partial charge in [-0.2, -0.15) is 0 Å². The van der Waals surface area contributed by atoms with Crippen molar-refractivity contribution in [2.24, 2.45) is 0 Å². The number of nitrogens with zero attached hydrogens (tertiary/aromatic N) is 2. The van der Waals surface area contributed by atoms with Crippen LogP contribution in [-0.2, 0) is 11.3 Å². The average Bonchev–Trinajstić information content (AvgIpc) is 2.59. The van der Waals surface area contributed by atoms with Crippen molar-refractivity contribution in [3.8, 4) is 0 Å². The molecule has 25 heavy (non-hydrogen) atoms. The molecule has 0 aliphatic carbocycles. The lowest BCUT2D eigenvalue weighted by atomic mass is 10.2. The van der Waals surface area contributed by atoms with Gasteiger partial charge in [-0.15, -0.1) is 0 Å².